The van der Waals surface area contributed by atoms with Crippen molar-refractivity contribution in [2.24, 2.45) is 0 Å². The fraction of sp³-hybridized carbons (Fsp3) is 0.500. The van der Waals surface area contributed by atoms with E-state index in [1.165, 1.54) is 0 Å². The van der Waals surface area contributed by atoms with E-state index in [1.807, 2.05) is 0 Å². The predicted octanol–water partition coefficient (Wildman–Crippen LogP) is 0.756. The highest BCUT2D eigenvalue weighted by Crippen LogP contribution is 2.23. The van der Waals surface area contributed by atoms with Gasteiger partial charge in [-0.3, -0.25) is 0 Å². The number of aromatic nitrogens is 2. The predicted molar refractivity (Wildman–Crippen MR) is 56.8 cm³/mol. The first-order chi connectivity index (χ1) is 6.63. The summed E-state index contributed by atoms with van der Waals surface area (Å²) in [5, 5.41) is 12.2. The van der Waals surface area contributed by atoms with Gasteiger partial charge in [0, 0.05) is 12.1 Å². The molecule has 0 spiro atoms. The summed E-state index contributed by atoms with van der Waals surface area (Å²) >= 11 is 3.23. The molecule has 1 aromatic heterocycles. The molecule has 0 aromatic carbocycles. The summed E-state index contributed by atoms with van der Waals surface area (Å²) in [6, 6.07) is 1.90. The maximum atomic E-state index is 9.09. The van der Waals surface area contributed by atoms with Crippen LogP contribution in [0.25, 0.3) is 0 Å². The zero-order valence-corrected chi connectivity index (χ0v) is 9.03. The molecule has 0 amide bonds. The Labute approximate surface area is 89.9 Å². The van der Waals surface area contributed by atoms with Crippen LogP contribution in [0.4, 0.5) is 11.8 Å². The second-order valence-corrected chi connectivity index (χ2v) is 4.22. The summed E-state index contributed by atoms with van der Waals surface area (Å²) in [6.07, 6.45) is 1.31. The van der Waals surface area contributed by atoms with Crippen molar-refractivity contribution < 1.29 is 5.11 Å². The van der Waals surface area contributed by atoms with Crippen LogP contribution in [0.2, 0.25) is 0 Å². The number of nitrogen functional groups attached to an aromatic ring is 1. The molecular weight excluding hydrogens is 248 g/mol. The van der Waals surface area contributed by atoms with E-state index in [2.05, 4.69) is 31.2 Å². The number of aliphatic hydroxyl groups is 1. The van der Waals surface area contributed by atoms with E-state index in [0.29, 0.717) is 16.4 Å². The van der Waals surface area contributed by atoms with E-state index < -0.39 is 0 Å². The van der Waals surface area contributed by atoms with Gasteiger partial charge in [-0.15, -0.1) is 0 Å². The molecule has 1 aliphatic carbocycles. The number of nitrogens with two attached hydrogens (primary N) is 1. The summed E-state index contributed by atoms with van der Waals surface area (Å²) < 4.78 is 0.660. The number of nitrogens with one attached hydrogen (secondary N) is 1. The Kier molecular flexibility index (Phi) is 2.56. The number of hydrogen-bond acceptors (Lipinski definition) is 5. The van der Waals surface area contributed by atoms with E-state index in [1.54, 1.807) is 6.07 Å². The second kappa shape index (κ2) is 3.70. The van der Waals surface area contributed by atoms with Crippen LogP contribution in [-0.2, 0) is 0 Å². The monoisotopic (exact) mass is 258 g/mol. The molecular formula is C8H11BrN4O. The first kappa shape index (κ1) is 9.67. The van der Waals surface area contributed by atoms with Crippen molar-refractivity contribution in [3.05, 3.63) is 10.7 Å². The van der Waals surface area contributed by atoms with E-state index in [4.69, 9.17) is 10.8 Å². The Morgan fingerprint density at radius 2 is 2.21 bits per heavy atom. The highest BCUT2D eigenvalue weighted by Gasteiger charge is 2.27. The van der Waals surface area contributed by atoms with Crippen LogP contribution in [0.1, 0.15) is 12.8 Å². The Morgan fingerprint density at radius 3 is 2.79 bits per heavy atom. The van der Waals surface area contributed by atoms with Gasteiger partial charge in [0.15, 0.2) is 0 Å². The number of hydrogen-bond donors (Lipinski definition) is 3. The first-order valence-corrected chi connectivity index (χ1v) is 5.17. The van der Waals surface area contributed by atoms with Gasteiger partial charge in [0.1, 0.15) is 10.4 Å². The lowest BCUT2D eigenvalue weighted by Crippen LogP contribution is -2.39. The first-order valence-electron chi connectivity index (χ1n) is 4.38. The highest BCUT2D eigenvalue weighted by atomic mass is 79.9. The van der Waals surface area contributed by atoms with Crippen molar-refractivity contribution in [2.75, 3.05) is 11.1 Å². The number of halogens is 1. The number of aliphatic hydroxyl groups excluding tert-OH is 1. The summed E-state index contributed by atoms with van der Waals surface area (Å²) in [6.45, 7) is 0. The third-order valence-electron chi connectivity index (χ3n) is 2.16. The van der Waals surface area contributed by atoms with Gasteiger partial charge < -0.3 is 16.2 Å². The third kappa shape index (κ3) is 2.13. The van der Waals surface area contributed by atoms with Crippen LogP contribution in [0.5, 0.6) is 0 Å². The van der Waals surface area contributed by atoms with Gasteiger partial charge in [0.05, 0.1) is 6.10 Å². The van der Waals surface area contributed by atoms with Crippen LogP contribution in [0.15, 0.2) is 10.7 Å². The molecule has 1 fully saturated rings. The van der Waals surface area contributed by atoms with Crippen LogP contribution in [0.3, 0.4) is 0 Å². The Hall–Kier alpha value is -0.880. The average Bonchev–Trinajstić information content (AvgIpc) is 1.99. The Balaban J connectivity index is 2.02. The van der Waals surface area contributed by atoms with Gasteiger partial charge in [-0.2, -0.15) is 4.98 Å². The maximum absolute atomic E-state index is 9.09. The number of anilines is 2. The molecule has 1 aliphatic rings. The lowest BCUT2D eigenvalue weighted by atomic mass is 9.90. The Bertz CT molecular complexity index is 320. The molecule has 1 aromatic rings. The van der Waals surface area contributed by atoms with E-state index in [0.717, 1.165) is 12.8 Å². The number of nitrogens with zero attached hydrogens (tertiary/aromatic N) is 2. The fourth-order valence-electron chi connectivity index (χ4n) is 1.39. The van der Waals surface area contributed by atoms with E-state index >= 15 is 0 Å². The lowest BCUT2D eigenvalue weighted by molar-refractivity contribution is 0.0834. The summed E-state index contributed by atoms with van der Waals surface area (Å²) in [5.41, 5.74) is 5.55. The van der Waals surface area contributed by atoms with Crippen molar-refractivity contribution in [2.45, 2.75) is 25.0 Å². The lowest BCUT2D eigenvalue weighted by Gasteiger charge is -2.31. The molecule has 0 saturated heterocycles. The average molecular weight is 259 g/mol. The molecule has 0 atom stereocenters. The van der Waals surface area contributed by atoms with Crippen molar-refractivity contribution in [1.82, 2.24) is 9.97 Å². The van der Waals surface area contributed by atoms with Crippen LogP contribution in [0, 0.1) is 0 Å². The maximum Gasteiger partial charge on any atom is 0.225 e. The molecule has 6 heteroatoms. The Morgan fingerprint density at radius 1 is 1.50 bits per heavy atom. The van der Waals surface area contributed by atoms with Gasteiger partial charge in [-0.05, 0) is 28.8 Å². The van der Waals surface area contributed by atoms with Gasteiger partial charge in [0.2, 0.25) is 5.95 Å². The summed E-state index contributed by atoms with van der Waals surface area (Å²) in [4.78, 5) is 8.14. The number of rotatable bonds is 2. The van der Waals surface area contributed by atoms with Gasteiger partial charge >= 0.3 is 0 Å². The standard InChI is InChI=1S/C8H11BrN4O/c9-6-3-7(10)13-8(12-6)11-4-1-5(14)2-4/h3-5,14H,1-2H2,(H3,10,11,12,13). The van der Waals surface area contributed by atoms with Crippen LogP contribution < -0.4 is 11.1 Å². The smallest absolute Gasteiger partial charge is 0.225 e. The normalized spacial score (nSPS) is 25.6. The fourth-order valence-corrected chi connectivity index (χ4v) is 1.79. The third-order valence-corrected chi connectivity index (χ3v) is 2.57. The minimum Gasteiger partial charge on any atom is -0.393 e. The highest BCUT2D eigenvalue weighted by molar-refractivity contribution is 9.10. The summed E-state index contributed by atoms with van der Waals surface area (Å²) in [7, 11) is 0. The van der Waals surface area contributed by atoms with Gasteiger partial charge in [0.25, 0.3) is 0 Å². The van der Waals surface area contributed by atoms with Gasteiger partial charge in [-0.1, -0.05) is 0 Å². The molecule has 14 heavy (non-hydrogen) atoms. The molecule has 5 nitrogen and oxygen atoms in total. The molecule has 0 unspecified atom stereocenters. The van der Waals surface area contributed by atoms with Crippen molar-refractivity contribution in [3.63, 3.8) is 0 Å². The molecule has 76 valence electrons. The summed E-state index contributed by atoms with van der Waals surface area (Å²) in [5.74, 6) is 0.933. The van der Waals surface area contributed by atoms with Crippen LogP contribution in [-0.4, -0.2) is 27.2 Å². The van der Waals surface area contributed by atoms with Crippen molar-refractivity contribution >= 4 is 27.7 Å². The molecule has 0 aliphatic heterocycles. The van der Waals surface area contributed by atoms with Crippen molar-refractivity contribution in [3.8, 4) is 0 Å². The second-order valence-electron chi connectivity index (χ2n) is 3.41. The van der Waals surface area contributed by atoms with Crippen molar-refractivity contribution in [1.29, 1.82) is 0 Å². The zero-order valence-electron chi connectivity index (χ0n) is 7.44. The molecule has 0 radical (unpaired) electrons. The largest absolute Gasteiger partial charge is 0.393 e. The molecule has 2 rings (SSSR count). The van der Waals surface area contributed by atoms with Crippen LogP contribution >= 0.6 is 15.9 Å². The minimum atomic E-state index is -0.183. The minimum absolute atomic E-state index is 0.183. The zero-order chi connectivity index (χ0) is 10.1. The van der Waals surface area contributed by atoms with E-state index in [9.17, 15) is 0 Å². The molecule has 1 heterocycles. The SMILES string of the molecule is Nc1cc(Br)nc(NC2CC(O)C2)n1. The van der Waals surface area contributed by atoms with Gasteiger partial charge in [-0.25, -0.2) is 4.98 Å². The molecule has 4 N–H and O–H groups in total. The molecule has 0 bridgehead atoms. The van der Waals surface area contributed by atoms with E-state index in [-0.39, 0.29) is 12.1 Å². The molecule has 1 saturated carbocycles. The quantitative estimate of drug-likeness (QED) is 0.683. The topological polar surface area (TPSA) is 84.1 Å².